The molecule has 1 aromatic heterocycles. The Morgan fingerprint density at radius 2 is 1.75 bits per heavy atom. The number of aryl methyl sites for hydroxylation is 1. The van der Waals surface area contributed by atoms with Gasteiger partial charge in [-0.25, -0.2) is 4.39 Å². The molecule has 0 aliphatic carbocycles. The highest BCUT2D eigenvalue weighted by atomic mass is 19.1. The normalized spacial score (nSPS) is 14.8. The zero-order chi connectivity index (χ0) is 28.1. The average molecular weight is 543 g/mol. The van der Waals surface area contributed by atoms with Crippen molar-refractivity contribution in [2.45, 2.75) is 39.0 Å². The average Bonchev–Trinajstić information content (AvgIpc) is 3.47. The summed E-state index contributed by atoms with van der Waals surface area (Å²) in [4.78, 5) is 43.5. The van der Waals surface area contributed by atoms with E-state index in [2.05, 4.69) is 0 Å². The number of fused-ring (bicyclic) bond motifs is 1. The lowest BCUT2D eigenvalue weighted by atomic mass is 10.1. The third kappa shape index (κ3) is 6.29. The minimum absolute atomic E-state index is 0.0123. The van der Waals surface area contributed by atoms with E-state index in [9.17, 15) is 18.8 Å². The first-order chi connectivity index (χ1) is 19.4. The third-order valence-electron chi connectivity index (χ3n) is 7.10. The van der Waals surface area contributed by atoms with E-state index in [-0.39, 0.29) is 49.2 Å². The molecule has 8 heteroatoms. The van der Waals surface area contributed by atoms with Crippen molar-refractivity contribution in [3.63, 3.8) is 0 Å². The highest BCUT2D eigenvalue weighted by Gasteiger charge is 2.29. The Balaban J connectivity index is 1.45. The van der Waals surface area contributed by atoms with Crippen molar-refractivity contribution in [2.75, 3.05) is 19.7 Å². The van der Waals surface area contributed by atoms with E-state index in [0.29, 0.717) is 23.1 Å². The molecule has 1 saturated heterocycles. The summed E-state index contributed by atoms with van der Waals surface area (Å²) >= 11 is 0. The number of carbonyl (C=O) groups is 2. The summed E-state index contributed by atoms with van der Waals surface area (Å²) in [6.07, 6.45) is 2.76. The highest BCUT2D eigenvalue weighted by molar-refractivity contribution is 5.96. The molecule has 1 atom stereocenters. The number of rotatable bonds is 9. The van der Waals surface area contributed by atoms with Gasteiger partial charge >= 0.3 is 0 Å². The van der Waals surface area contributed by atoms with Crippen molar-refractivity contribution in [1.82, 2.24) is 9.80 Å². The molecule has 1 aliphatic rings. The van der Waals surface area contributed by atoms with E-state index < -0.39 is 11.7 Å². The first-order valence-corrected chi connectivity index (χ1v) is 13.4. The Morgan fingerprint density at radius 1 is 0.975 bits per heavy atom. The standard InChI is InChI=1S/C32H31FN2O5/c1-22-13-14-29-27(16-22)31(37)24(21-40-29)18-34(17-23-8-3-2-4-9-23)30(36)20-35(19-25-10-7-15-39-25)32(38)26-11-5-6-12-28(26)33/h2-6,8-9,11-14,16,21,25H,7,10,15,17-20H2,1H3. The third-order valence-corrected chi connectivity index (χ3v) is 7.10. The fraction of sp³-hybridized carbons (Fsp3) is 0.281. The molecule has 0 saturated carbocycles. The second kappa shape index (κ2) is 12.3. The molecule has 5 rings (SSSR count). The Kier molecular flexibility index (Phi) is 8.36. The van der Waals surface area contributed by atoms with Crippen molar-refractivity contribution < 1.29 is 23.1 Å². The number of carbonyl (C=O) groups excluding carboxylic acids is 2. The Hall–Kier alpha value is -4.30. The fourth-order valence-corrected chi connectivity index (χ4v) is 4.96. The van der Waals surface area contributed by atoms with Crippen LogP contribution < -0.4 is 5.43 Å². The summed E-state index contributed by atoms with van der Waals surface area (Å²) in [6.45, 7) is 2.55. The summed E-state index contributed by atoms with van der Waals surface area (Å²) in [7, 11) is 0. The molecule has 0 radical (unpaired) electrons. The van der Waals surface area contributed by atoms with Crippen LogP contribution in [-0.4, -0.2) is 47.4 Å². The molecular formula is C32H31FN2O5. The summed E-state index contributed by atoms with van der Waals surface area (Å²) in [5, 5.41) is 0.444. The number of amides is 2. The molecule has 1 fully saturated rings. The van der Waals surface area contributed by atoms with Crippen molar-refractivity contribution >= 4 is 22.8 Å². The first-order valence-electron chi connectivity index (χ1n) is 13.4. The minimum atomic E-state index is -0.650. The summed E-state index contributed by atoms with van der Waals surface area (Å²) in [6, 6.07) is 20.5. The van der Waals surface area contributed by atoms with Gasteiger partial charge in [0.2, 0.25) is 5.91 Å². The maximum Gasteiger partial charge on any atom is 0.257 e. The van der Waals surface area contributed by atoms with Crippen LogP contribution in [0.15, 0.2) is 88.3 Å². The van der Waals surface area contributed by atoms with Gasteiger partial charge in [-0.3, -0.25) is 14.4 Å². The van der Waals surface area contributed by atoms with Gasteiger partial charge in [0, 0.05) is 19.7 Å². The molecule has 0 N–H and O–H groups in total. The second-order valence-electron chi connectivity index (χ2n) is 10.1. The molecule has 1 unspecified atom stereocenters. The van der Waals surface area contributed by atoms with Gasteiger partial charge in [-0.15, -0.1) is 0 Å². The van der Waals surface area contributed by atoms with Crippen molar-refractivity contribution in [3.8, 4) is 0 Å². The number of halogens is 1. The minimum Gasteiger partial charge on any atom is -0.464 e. The zero-order valence-corrected chi connectivity index (χ0v) is 22.3. The van der Waals surface area contributed by atoms with Crippen LogP contribution >= 0.6 is 0 Å². The molecule has 2 amide bonds. The van der Waals surface area contributed by atoms with Gasteiger partial charge in [0.25, 0.3) is 5.91 Å². The zero-order valence-electron chi connectivity index (χ0n) is 22.3. The molecule has 4 aromatic rings. The fourth-order valence-electron chi connectivity index (χ4n) is 4.96. The van der Waals surface area contributed by atoms with E-state index in [1.807, 2.05) is 43.3 Å². The predicted molar refractivity (Wildman–Crippen MR) is 149 cm³/mol. The van der Waals surface area contributed by atoms with Gasteiger partial charge < -0.3 is 19.0 Å². The predicted octanol–water partition coefficient (Wildman–Crippen LogP) is 5.09. The van der Waals surface area contributed by atoms with Crippen molar-refractivity contribution in [1.29, 1.82) is 0 Å². The van der Waals surface area contributed by atoms with Gasteiger partial charge in [0.15, 0.2) is 5.43 Å². The number of nitrogens with zero attached hydrogens (tertiary/aromatic N) is 2. The lowest BCUT2D eigenvalue weighted by Gasteiger charge is -2.29. The maximum atomic E-state index is 14.6. The van der Waals surface area contributed by atoms with Gasteiger partial charge in [-0.1, -0.05) is 54.1 Å². The molecule has 3 aromatic carbocycles. The number of hydrogen-bond acceptors (Lipinski definition) is 5. The van der Waals surface area contributed by atoms with Crippen LogP contribution in [0.1, 0.15) is 39.9 Å². The number of ether oxygens (including phenoxy) is 1. The van der Waals surface area contributed by atoms with Crippen LogP contribution in [-0.2, 0) is 22.6 Å². The molecule has 206 valence electrons. The molecule has 1 aliphatic heterocycles. The van der Waals surface area contributed by atoms with E-state index in [1.54, 1.807) is 18.2 Å². The van der Waals surface area contributed by atoms with Gasteiger partial charge in [0.1, 0.15) is 17.9 Å². The van der Waals surface area contributed by atoms with Crippen LogP contribution in [0.4, 0.5) is 4.39 Å². The van der Waals surface area contributed by atoms with Crippen molar-refractivity contribution in [2.24, 2.45) is 0 Å². The first kappa shape index (κ1) is 27.3. The van der Waals surface area contributed by atoms with Crippen LogP contribution in [0.3, 0.4) is 0 Å². The monoisotopic (exact) mass is 542 g/mol. The Bertz CT molecular complexity index is 1560. The highest BCUT2D eigenvalue weighted by Crippen LogP contribution is 2.19. The Morgan fingerprint density at radius 3 is 2.50 bits per heavy atom. The van der Waals surface area contributed by atoms with Crippen LogP contribution in [0, 0.1) is 12.7 Å². The van der Waals surface area contributed by atoms with Crippen LogP contribution in [0.5, 0.6) is 0 Å². The topological polar surface area (TPSA) is 80.1 Å². The van der Waals surface area contributed by atoms with Gasteiger partial charge in [-0.05, 0) is 49.6 Å². The maximum absolute atomic E-state index is 14.6. The summed E-state index contributed by atoms with van der Waals surface area (Å²) in [5.74, 6) is -1.61. The molecule has 40 heavy (non-hydrogen) atoms. The number of benzene rings is 3. The van der Waals surface area contributed by atoms with E-state index in [0.717, 1.165) is 24.0 Å². The van der Waals surface area contributed by atoms with Crippen molar-refractivity contribution in [3.05, 3.63) is 117 Å². The van der Waals surface area contributed by atoms with Crippen LogP contribution in [0.25, 0.3) is 11.0 Å². The largest absolute Gasteiger partial charge is 0.464 e. The van der Waals surface area contributed by atoms with Crippen LogP contribution in [0.2, 0.25) is 0 Å². The Labute approximate surface area is 231 Å². The smallest absolute Gasteiger partial charge is 0.257 e. The molecule has 0 bridgehead atoms. The SMILES string of the molecule is Cc1ccc2occ(CN(Cc3ccccc3)C(=O)CN(CC3CCCO3)C(=O)c3ccccc3F)c(=O)c2c1. The molecule has 2 heterocycles. The van der Waals surface area contributed by atoms with E-state index >= 15 is 0 Å². The van der Waals surface area contributed by atoms with Gasteiger partial charge in [-0.2, -0.15) is 0 Å². The molecule has 0 spiro atoms. The quantitative estimate of drug-likeness (QED) is 0.294. The van der Waals surface area contributed by atoms with E-state index in [4.69, 9.17) is 9.15 Å². The lowest BCUT2D eigenvalue weighted by molar-refractivity contribution is -0.133. The van der Waals surface area contributed by atoms with E-state index in [1.165, 1.54) is 34.3 Å². The molecular weight excluding hydrogens is 511 g/mol. The summed E-state index contributed by atoms with van der Waals surface area (Å²) in [5.41, 5.74) is 2.27. The van der Waals surface area contributed by atoms with Gasteiger partial charge in [0.05, 0.1) is 35.4 Å². The lowest BCUT2D eigenvalue weighted by Crippen LogP contribution is -2.45. The summed E-state index contributed by atoms with van der Waals surface area (Å²) < 4.78 is 26.0. The second-order valence-corrected chi connectivity index (χ2v) is 10.1. The number of hydrogen-bond donors (Lipinski definition) is 0. The molecule has 7 nitrogen and oxygen atoms in total.